The molecule has 3 atom stereocenters. The molecule has 0 spiro atoms. The fourth-order valence-corrected chi connectivity index (χ4v) is 2.58. The maximum Gasteiger partial charge on any atom is 0.353 e. The number of fused-ring (bicyclic) bond motifs is 1. The molecule has 1 heterocycles. The van der Waals surface area contributed by atoms with E-state index in [0.717, 1.165) is 25.0 Å². The van der Waals surface area contributed by atoms with E-state index in [2.05, 4.69) is 12.1 Å². The van der Waals surface area contributed by atoms with Crippen molar-refractivity contribution in [2.24, 2.45) is 17.0 Å². The Hall–Kier alpha value is -1.06. The first-order valence-corrected chi connectivity index (χ1v) is 6.00. The molecule has 0 unspecified atom stereocenters. The van der Waals surface area contributed by atoms with Crippen LogP contribution in [0.5, 0.6) is 0 Å². The number of carbonyl (C=O) groups excluding carboxylic acids is 1. The summed E-state index contributed by atoms with van der Waals surface area (Å²) in [4.78, 5) is 17.2. The molecule has 1 fully saturated rings. The number of ether oxygens (including phenoxy) is 1. The summed E-state index contributed by atoms with van der Waals surface area (Å²) in [7, 11) is 0. The quantitative estimate of drug-likeness (QED) is 0.676. The van der Waals surface area contributed by atoms with Crippen LogP contribution in [0.25, 0.3) is 0 Å². The van der Waals surface area contributed by atoms with Crippen LogP contribution in [0, 0.1) is 11.8 Å². The van der Waals surface area contributed by atoms with Gasteiger partial charge in [-0.2, -0.15) is 0 Å². The molecule has 0 bridgehead atoms. The summed E-state index contributed by atoms with van der Waals surface area (Å²) in [6.45, 7) is 6.19. The smallest absolute Gasteiger partial charge is 0.353 e. The summed E-state index contributed by atoms with van der Waals surface area (Å²) >= 11 is 0. The molecule has 4 heteroatoms. The summed E-state index contributed by atoms with van der Waals surface area (Å²) in [6, 6.07) is 0. The van der Waals surface area contributed by atoms with Gasteiger partial charge in [-0.3, -0.25) is 0 Å². The fraction of sp³-hybridized carbons (Fsp3) is 0.833. The van der Waals surface area contributed by atoms with Gasteiger partial charge in [-0.1, -0.05) is 12.1 Å². The van der Waals surface area contributed by atoms with E-state index in [4.69, 9.17) is 9.57 Å². The number of hydrogen-bond donors (Lipinski definition) is 0. The molecule has 1 saturated carbocycles. The summed E-state index contributed by atoms with van der Waals surface area (Å²) in [6.07, 6.45) is 3.04. The summed E-state index contributed by atoms with van der Waals surface area (Å²) in [5.41, 5.74) is 0.153. The Morgan fingerprint density at radius 3 is 3.06 bits per heavy atom. The van der Waals surface area contributed by atoms with Crippen molar-refractivity contribution in [2.75, 3.05) is 6.61 Å². The van der Waals surface area contributed by atoms with Crippen LogP contribution >= 0.6 is 0 Å². The highest BCUT2D eigenvalue weighted by molar-refractivity contribution is 5.96. The van der Waals surface area contributed by atoms with Crippen molar-refractivity contribution in [1.29, 1.82) is 0 Å². The fourth-order valence-electron chi connectivity index (χ4n) is 2.58. The third-order valence-electron chi connectivity index (χ3n) is 3.61. The van der Waals surface area contributed by atoms with E-state index in [9.17, 15) is 4.79 Å². The summed E-state index contributed by atoms with van der Waals surface area (Å²) in [5, 5.41) is 4.08. The lowest BCUT2D eigenvalue weighted by Gasteiger charge is -2.31. The maximum absolute atomic E-state index is 11.9. The van der Waals surface area contributed by atoms with Crippen molar-refractivity contribution >= 4 is 11.7 Å². The van der Waals surface area contributed by atoms with Crippen molar-refractivity contribution in [3.8, 4) is 0 Å². The third-order valence-corrected chi connectivity index (χ3v) is 3.61. The lowest BCUT2D eigenvalue weighted by Crippen LogP contribution is -2.46. The number of oxime groups is 1. The van der Waals surface area contributed by atoms with Gasteiger partial charge in [0, 0.05) is 0 Å². The molecule has 0 aromatic heterocycles. The lowest BCUT2D eigenvalue weighted by atomic mass is 9.74. The molecule has 0 N–H and O–H groups in total. The number of carbonyl (C=O) groups is 1. The Balaban J connectivity index is 2.13. The second-order valence-corrected chi connectivity index (χ2v) is 4.94. The highest BCUT2D eigenvalue weighted by Gasteiger charge is 2.53. The zero-order valence-corrected chi connectivity index (χ0v) is 10.2. The van der Waals surface area contributed by atoms with Crippen LogP contribution in [0.4, 0.5) is 0 Å². The third kappa shape index (κ3) is 1.70. The van der Waals surface area contributed by atoms with E-state index in [-0.39, 0.29) is 11.9 Å². The zero-order valence-electron chi connectivity index (χ0n) is 10.2. The number of hydrogen-bond acceptors (Lipinski definition) is 4. The van der Waals surface area contributed by atoms with Crippen LogP contribution in [-0.4, -0.2) is 23.9 Å². The minimum Gasteiger partial charge on any atom is -0.463 e. The monoisotopic (exact) mass is 225 g/mol. The summed E-state index contributed by atoms with van der Waals surface area (Å²) < 4.78 is 5.07. The van der Waals surface area contributed by atoms with E-state index in [1.807, 2.05) is 0 Å². The molecular weight excluding hydrogens is 206 g/mol. The SMILES string of the molecule is CCOC(=O)[C@@]1(C)ON=C2C[C@H](C)CC[C@@H]21. The van der Waals surface area contributed by atoms with Gasteiger partial charge in [0.15, 0.2) is 0 Å². The molecule has 90 valence electrons. The first kappa shape index (κ1) is 11.4. The number of nitrogens with zero attached hydrogens (tertiary/aromatic N) is 1. The van der Waals surface area contributed by atoms with Gasteiger partial charge in [-0.25, -0.2) is 4.79 Å². The molecule has 0 saturated heterocycles. The van der Waals surface area contributed by atoms with E-state index >= 15 is 0 Å². The number of esters is 1. The zero-order chi connectivity index (χ0) is 11.8. The van der Waals surface area contributed by atoms with Crippen molar-refractivity contribution in [3.05, 3.63) is 0 Å². The van der Waals surface area contributed by atoms with Crippen molar-refractivity contribution in [1.82, 2.24) is 0 Å². The Morgan fingerprint density at radius 1 is 1.62 bits per heavy atom. The van der Waals surface area contributed by atoms with Gasteiger partial charge >= 0.3 is 5.97 Å². The second-order valence-electron chi connectivity index (χ2n) is 4.94. The Kier molecular flexibility index (Phi) is 2.91. The molecular formula is C12H19NO3. The Bertz CT molecular complexity index is 326. The molecule has 1 aliphatic carbocycles. The summed E-state index contributed by atoms with van der Waals surface area (Å²) in [5.74, 6) is 0.471. The van der Waals surface area contributed by atoms with Crippen LogP contribution in [0.2, 0.25) is 0 Å². The molecule has 0 aromatic carbocycles. The molecule has 1 aliphatic heterocycles. The first-order chi connectivity index (χ1) is 7.58. The molecule has 16 heavy (non-hydrogen) atoms. The molecule has 2 rings (SSSR count). The van der Waals surface area contributed by atoms with E-state index in [1.165, 1.54) is 0 Å². The standard InChI is InChI=1S/C12H19NO3/c1-4-15-11(14)12(3)9-6-5-8(2)7-10(9)13-16-12/h8-9H,4-7H2,1-3H3/t8-,9+,12+/m1/s1. The van der Waals surface area contributed by atoms with Crippen LogP contribution < -0.4 is 0 Å². The minimum atomic E-state index is -0.883. The largest absolute Gasteiger partial charge is 0.463 e. The van der Waals surface area contributed by atoms with Crippen molar-refractivity contribution < 1.29 is 14.4 Å². The molecule has 2 aliphatic rings. The first-order valence-electron chi connectivity index (χ1n) is 6.00. The highest BCUT2D eigenvalue weighted by Crippen LogP contribution is 2.40. The molecule has 0 amide bonds. The Morgan fingerprint density at radius 2 is 2.38 bits per heavy atom. The molecule has 4 nitrogen and oxygen atoms in total. The van der Waals surface area contributed by atoms with Gasteiger partial charge in [0.1, 0.15) is 0 Å². The van der Waals surface area contributed by atoms with E-state index < -0.39 is 5.60 Å². The lowest BCUT2D eigenvalue weighted by molar-refractivity contribution is -0.171. The van der Waals surface area contributed by atoms with Gasteiger partial charge < -0.3 is 9.57 Å². The topological polar surface area (TPSA) is 47.9 Å². The highest BCUT2D eigenvalue weighted by atomic mass is 16.7. The molecule has 0 radical (unpaired) electrons. The van der Waals surface area contributed by atoms with Gasteiger partial charge in [-0.15, -0.1) is 0 Å². The Labute approximate surface area is 96.0 Å². The van der Waals surface area contributed by atoms with Crippen LogP contribution in [0.3, 0.4) is 0 Å². The minimum absolute atomic E-state index is 0.114. The van der Waals surface area contributed by atoms with Crippen LogP contribution in [-0.2, 0) is 14.4 Å². The average Bonchev–Trinajstić information content (AvgIpc) is 2.58. The number of rotatable bonds is 2. The van der Waals surface area contributed by atoms with Crippen molar-refractivity contribution in [3.63, 3.8) is 0 Å². The van der Waals surface area contributed by atoms with Crippen molar-refractivity contribution in [2.45, 2.75) is 45.6 Å². The van der Waals surface area contributed by atoms with E-state index in [1.54, 1.807) is 13.8 Å². The predicted octanol–water partition coefficient (Wildman–Crippen LogP) is 2.13. The van der Waals surface area contributed by atoms with Crippen LogP contribution in [0.1, 0.15) is 40.0 Å². The normalized spacial score (nSPS) is 37.3. The van der Waals surface area contributed by atoms with Gasteiger partial charge in [0.25, 0.3) is 0 Å². The van der Waals surface area contributed by atoms with Crippen LogP contribution in [0.15, 0.2) is 5.16 Å². The average molecular weight is 225 g/mol. The molecule has 0 aromatic rings. The maximum atomic E-state index is 11.9. The van der Waals surface area contributed by atoms with Gasteiger partial charge in [0.2, 0.25) is 5.60 Å². The second kappa shape index (κ2) is 4.07. The van der Waals surface area contributed by atoms with E-state index in [0.29, 0.717) is 12.5 Å². The van der Waals surface area contributed by atoms with Gasteiger partial charge in [-0.05, 0) is 39.0 Å². The predicted molar refractivity (Wildman–Crippen MR) is 60.1 cm³/mol. The van der Waals surface area contributed by atoms with Gasteiger partial charge in [0.05, 0.1) is 18.2 Å².